The van der Waals surface area contributed by atoms with Crippen molar-refractivity contribution in [2.45, 2.75) is 37.1 Å². The average Bonchev–Trinajstić information content (AvgIpc) is 2.83. The highest BCUT2D eigenvalue weighted by molar-refractivity contribution is 7.99. The molecule has 1 nitrogen and oxygen atoms in total. The van der Waals surface area contributed by atoms with E-state index in [1.54, 1.807) is 11.3 Å². The van der Waals surface area contributed by atoms with E-state index in [0.29, 0.717) is 6.04 Å². The number of thiophene rings is 1. The van der Waals surface area contributed by atoms with Gasteiger partial charge in [0.15, 0.2) is 0 Å². The van der Waals surface area contributed by atoms with Crippen LogP contribution in [0.5, 0.6) is 0 Å². The highest BCUT2D eigenvalue weighted by Crippen LogP contribution is 2.29. The van der Waals surface area contributed by atoms with Crippen molar-refractivity contribution >= 4 is 34.7 Å². The van der Waals surface area contributed by atoms with Crippen molar-refractivity contribution in [3.05, 3.63) is 21.3 Å². The van der Waals surface area contributed by atoms with Crippen molar-refractivity contribution in [1.29, 1.82) is 0 Å². The van der Waals surface area contributed by atoms with E-state index in [4.69, 9.17) is 11.6 Å². The van der Waals surface area contributed by atoms with Gasteiger partial charge in [-0.05, 0) is 25.2 Å². The maximum Gasteiger partial charge on any atom is 0.0516 e. The normalized spacial score (nSPS) is 26.0. The first kappa shape index (κ1) is 11.8. The lowest BCUT2D eigenvalue weighted by Crippen LogP contribution is -2.33. The number of thioether (sulfide) groups is 1. The van der Waals surface area contributed by atoms with E-state index in [0.717, 1.165) is 16.8 Å². The zero-order chi connectivity index (χ0) is 10.7. The maximum absolute atomic E-state index is 5.89. The Morgan fingerprint density at radius 2 is 2.47 bits per heavy atom. The van der Waals surface area contributed by atoms with Crippen LogP contribution in [0, 0.1) is 0 Å². The molecular formula is C11H16ClNS2. The van der Waals surface area contributed by atoms with Gasteiger partial charge in [-0.15, -0.1) is 11.3 Å². The van der Waals surface area contributed by atoms with Gasteiger partial charge in [0.05, 0.1) is 5.02 Å². The second kappa shape index (κ2) is 5.58. The van der Waals surface area contributed by atoms with Gasteiger partial charge in [0.2, 0.25) is 0 Å². The Morgan fingerprint density at radius 1 is 1.60 bits per heavy atom. The van der Waals surface area contributed by atoms with E-state index in [1.165, 1.54) is 24.1 Å². The Bertz CT molecular complexity index is 313. The summed E-state index contributed by atoms with van der Waals surface area (Å²) in [5.74, 6) is 0. The predicted molar refractivity (Wildman–Crippen MR) is 71.1 cm³/mol. The van der Waals surface area contributed by atoms with E-state index >= 15 is 0 Å². The molecular weight excluding hydrogens is 246 g/mol. The third-order valence-electron chi connectivity index (χ3n) is 2.92. The Kier molecular flexibility index (Phi) is 4.38. The molecule has 0 saturated heterocycles. The summed E-state index contributed by atoms with van der Waals surface area (Å²) >= 11 is 9.63. The third-order valence-corrected chi connectivity index (χ3v) is 5.37. The predicted octanol–water partition coefficient (Wildman–Crippen LogP) is 3.78. The van der Waals surface area contributed by atoms with Crippen molar-refractivity contribution in [3.8, 4) is 0 Å². The Morgan fingerprint density at radius 3 is 3.13 bits per heavy atom. The summed E-state index contributed by atoms with van der Waals surface area (Å²) in [4.78, 5) is 1.34. The molecule has 4 heteroatoms. The third kappa shape index (κ3) is 3.13. The molecule has 2 atom stereocenters. The van der Waals surface area contributed by atoms with Crippen molar-refractivity contribution < 1.29 is 0 Å². The molecule has 1 aliphatic carbocycles. The van der Waals surface area contributed by atoms with Crippen molar-refractivity contribution in [2.75, 3.05) is 6.26 Å². The fourth-order valence-corrected chi connectivity index (χ4v) is 4.11. The van der Waals surface area contributed by atoms with Crippen molar-refractivity contribution in [3.63, 3.8) is 0 Å². The van der Waals surface area contributed by atoms with Crippen LogP contribution in [-0.4, -0.2) is 17.5 Å². The number of hydrogen-bond donors (Lipinski definition) is 1. The van der Waals surface area contributed by atoms with Gasteiger partial charge >= 0.3 is 0 Å². The maximum atomic E-state index is 5.89. The Hall–Kier alpha value is 0.300. The minimum absolute atomic E-state index is 0.695. The molecule has 2 unspecified atom stereocenters. The summed E-state index contributed by atoms with van der Waals surface area (Å²) in [5, 5.41) is 7.31. The monoisotopic (exact) mass is 261 g/mol. The molecule has 0 bridgehead atoms. The summed E-state index contributed by atoms with van der Waals surface area (Å²) in [7, 11) is 0. The van der Waals surface area contributed by atoms with Crippen molar-refractivity contribution in [1.82, 2.24) is 5.32 Å². The number of hydrogen-bond acceptors (Lipinski definition) is 3. The zero-order valence-corrected chi connectivity index (χ0v) is 11.2. The summed E-state index contributed by atoms with van der Waals surface area (Å²) in [5.41, 5.74) is 0. The van der Waals surface area contributed by atoms with Gasteiger partial charge in [-0.3, -0.25) is 0 Å². The smallest absolute Gasteiger partial charge is 0.0516 e. The highest BCUT2D eigenvalue weighted by Gasteiger charge is 2.25. The van der Waals surface area contributed by atoms with Gasteiger partial charge in [0, 0.05) is 28.1 Å². The summed E-state index contributed by atoms with van der Waals surface area (Å²) < 4.78 is 0. The summed E-state index contributed by atoms with van der Waals surface area (Å²) in [6.45, 7) is 0.971. The molecule has 84 valence electrons. The van der Waals surface area contributed by atoms with E-state index in [-0.39, 0.29) is 0 Å². The van der Waals surface area contributed by atoms with E-state index in [2.05, 4.69) is 17.6 Å². The number of rotatable bonds is 4. The summed E-state index contributed by atoms with van der Waals surface area (Å²) in [6, 6.07) is 2.75. The molecule has 1 saturated carbocycles. The molecule has 2 rings (SSSR count). The van der Waals surface area contributed by atoms with E-state index in [9.17, 15) is 0 Å². The van der Waals surface area contributed by atoms with Crippen LogP contribution in [0.15, 0.2) is 11.4 Å². The lowest BCUT2D eigenvalue weighted by molar-refractivity contribution is 0.535. The van der Waals surface area contributed by atoms with E-state index in [1.807, 2.05) is 17.1 Å². The Labute approximate surface area is 105 Å². The first-order chi connectivity index (χ1) is 7.29. The quantitative estimate of drug-likeness (QED) is 0.886. The van der Waals surface area contributed by atoms with Gasteiger partial charge < -0.3 is 5.32 Å². The van der Waals surface area contributed by atoms with Crippen LogP contribution in [0.25, 0.3) is 0 Å². The highest BCUT2D eigenvalue weighted by atomic mass is 35.5. The molecule has 1 aromatic rings. The van der Waals surface area contributed by atoms with Crippen LogP contribution < -0.4 is 5.32 Å². The fourth-order valence-electron chi connectivity index (χ4n) is 2.12. The second-order valence-corrected chi connectivity index (χ2v) is 6.43. The molecule has 0 amide bonds. The first-order valence-corrected chi connectivity index (χ1v) is 7.83. The minimum atomic E-state index is 0.695. The van der Waals surface area contributed by atoms with Crippen LogP contribution in [0.3, 0.4) is 0 Å². The lowest BCUT2D eigenvalue weighted by atomic mass is 10.2. The van der Waals surface area contributed by atoms with Crippen LogP contribution in [0.2, 0.25) is 5.02 Å². The average molecular weight is 262 g/mol. The first-order valence-electron chi connectivity index (χ1n) is 5.28. The van der Waals surface area contributed by atoms with Gasteiger partial charge in [0.1, 0.15) is 0 Å². The molecule has 1 aromatic heterocycles. The SMILES string of the molecule is CSC1CCCC1NCc1cc(Cl)cs1. The summed E-state index contributed by atoms with van der Waals surface area (Å²) in [6.07, 6.45) is 6.27. The van der Waals surface area contributed by atoms with Gasteiger partial charge in [-0.25, -0.2) is 0 Å². The van der Waals surface area contributed by atoms with Crippen molar-refractivity contribution in [2.24, 2.45) is 0 Å². The minimum Gasteiger partial charge on any atom is -0.308 e. The van der Waals surface area contributed by atoms with Crippen LogP contribution in [0.4, 0.5) is 0 Å². The topological polar surface area (TPSA) is 12.0 Å². The molecule has 1 fully saturated rings. The molecule has 1 heterocycles. The standard InChI is InChI=1S/C11H16ClNS2/c1-14-11-4-2-3-10(11)13-6-9-5-8(12)7-15-9/h5,7,10-11,13H,2-4,6H2,1H3. The molecule has 0 aliphatic heterocycles. The number of nitrogens with one attached hydrogen (secondary N) is 1. The van der Waals surface area contributed by atoms with Crippen LogP contribution in [-0.2, 0) is 6.54 Å². The molecule has 15 heavy (non-hydrogen) atoms. The molecule has 1 N–H and O–H groups in total. The van der Waals surface area contributed by atoms with Gasteiger partial charge in [-0.1, -0.05) is 18.0 Å². The Balaban J connectivity index is 1.82. The van der Waals surface area contributed by atoms with E-state index < -0.39 is 0 Å². The zero-order valence-electron chi connectivity index (χ0n) is 8.83. The molecule has 0 spiro atoms. The molecule has 1 aliphatic rings. The van der Waals surface area contributed by atoms with Gasteiger partial charge in [0.25, 0.3) is 0 Å². The second-order valence-electron chi connectivity index (χ2n) is 3.92. The van der Waals surface area contributed by atoms with Gasteiger partial charge in [-0.2, -0.15) is 11.8 Å². The largest absolute Gasteiger partial charge is 0.308 e. The van der Waals surface area contributed by atoms with Crippen LogP contribution in [0.1, 0.15) is 24.1 Å². The molecule has 0 aromatic carbocycles. The molecule has 0 radical (unpaired) electrons. The van der Waals surface area contributed by atoms with Crippen LogP contribution >= 0.6 is 34.7 Å². The lowest BCUT2D eigenvalue weighted by Gasteiger charge is -2.18. The fraction of sp³-hybridized carbons (Fsp3) is 0.636. The number of halogens is 1.